The largest absolute Gasteiger partial charge is 0.328 e. The summed E-state index contributed by atoms with van der Waals surface area (Å²) in [6.45, 7) is 5.65. The molecule has 0 amide bonds. The lowest BCUT2D eigenvalue weighted by Gasteiger charge is -2.32. The van der Waals surface area contributed by atoms with E-state index in [1.165, 1.54) is 4.57 Å². The number of nitrogens with zero attached hydrogens (tertiary/aromatic N) is 3. The molecule has 19 heavy (non-hydrogen) atoms. The lowest BCUT2D eigenvalue weighted by molar-refractivity contribution is 0.149. The molecule has 0 bridgehead atoms. The van der Waals surface area contributed by atoms with Gasteiger partial charge in [0.05, 0.1) is 0 Å². The average Bonchev–Trinajstić information content (AvgIpc) is 2.40. The molecule has 1 saturated heterocycles. The molecule has 0 unspecified atom stereocenters. The first-order valence-corrected chi connectivity index (χ1v) is 6.54. The summed E-state index contributed by atoms with van der Waals surface area (Å²) in [5.74, 6) is 0. The van der Waals surface area contributed by atoms with Crippen molar-refractivity contribution in [2.75, 3.05) is 39.8 Å². The number of piperazine rings is 1. The van der Waals surface area contributed by atoms with Crippen molar-refractivity contribution in [3.63, 3.8) is 0 Å². The van der Waals surface area contributed by atoms with Crippen LogP contribution in [0.4, 0.5) is 0 Å². The number of likely N-dealkylation sites (N-methyl/N-ethyl adjacent to an activating group) is 1. The highest BCUT2D eigenvalue weighted by atomic mass is 16.2. The second kappa shape index (κ2) is 6.14. The van der Waals surface area contributed by atoms with Crippen LogP contribution in [0.2, 0.25) is 0 Å². The summed E-state index contributed by atoms with van der Waals surface area (Å²) in [6.07, 6.45) is 1.57. The summed E-state index contributed by atoms with van der Waals surface area (Å²) < 4.78 is 1.53. The van der Waals surface area contributed by atoms with Crippen molar-refractivity contribution in [2.24, 2.45) is 5.73 Å². The number of hydrogen-bond donors (Lipinski definition) is 2. The molecule has 2 rings (SSSR count). The van der Waals surface area contributed by atoms with Crippen LogP contribution < -0.4 is 17.0 Å². The van der Waals surface area contributed by atoms with Gasteiger partial charge >= 0.3 is 5.69 Å². The number of aromatic amines is 1. The number of aromatic nitrogens is 2. The first-order valence-electron chi connectivity index (χ1n) is 6.54. The lowest BCUT2D eigenvalue weighted by atomic mass is 10.3. The van der Waals surface area contributed by atoms with Gasteiger partial charge in [-0.15, -0.1) is 0 Å². The van der Waals surface area contributed by atoms with Gasteiger partial charge in [-0.3, -0.25) is 19.2 Å². The fraction of sp³-hybridized carbons (Fsp3) is 0.667. The molecule has 1 aromatic heterocycles. The van der Waals surface area contributed by atoms with E-state index in [1.54, 1.807) is 6.20 Å². The standard InChI is InChI=1S/C12H21N5O2/c1-15-2-4-16(5-3-15)6-7-17-9-10(8-13)11(18)14-12(17)19/h9H,2-8,13H2,1H3,(H,14,18,19). The van der Waals surface area contributed by atoms with Crippen molar-refractivity contribution in [2.45, 2.75) is 13.1 Å². The molecule has 0 aliphatic carbocycles. The molecule has 1 aliphatic heterocycles. The van der Waals surface area contributed by atoms with Crippen molar-refractivity contribution < 1.29 is 0 Å². The lowest BCUT2D eigenvalue weighted by Crippen LogP contribution is -2.46. The van der Waals surface area contributed by atoms with Crippen molar-refractivity contribution in [1.29, 1.82) is 0 Å². The van der Waals surface area contributed by atoms with Crippen LogP contribution >= 0.6 is 0 Å². The third-order valence-corrected chi connectivity index (χ3v) is 3.56. The molecule has 0 saturated carbocycles. The summed E-state index contributed by atoms with van der Waals surface area (Å²) in [5, 5.41) is 0. The van der Waals surface area contributed by atoms with Crippen LogP contribution in [0.25, 0.3) is 0 Å². The van der Waals surface area contributed by atoms with Gasteiger partial charge in [0.15, 0.2) is 0 Å². The van der Waals surface area contributed by atoms with E-state index in [0.29, 0.717) is 12.1 Å². The van der Waals surface area contributed by atoms with Crippen LogP contribution in [0.3, 0.4) is 0 Å². The van der Waals surface area contributed by atoms with E-state index >= 15 is 0 Å². The Bertz CT molecular complexity index is 528. The molecule has 1 fully saturated rings. The summed E-state index contributed by atoms with van der Waals surface area (Å²) in [6, 6.07) is 0. The minimum absolute atomic E-state index is 0.143. The van der Waals surface area contributed by atoms with Gasteiger partial charge in [0.25, 0.3) is 5.56 Å². The highest BCUT2D eigenvalue weighted by molar-refractivity contribution is 5.03. The normalized spacial score (nSPS) is 17.8. The maximum absolute atomic E-state index is 11.7. The maximum Gasteiger partial charge on any atom is 0.328 e. The van der Waals surface area contributed by atoms with Crippen molar-refractivity contribution in [3.8, 4) is 0 Å². The molecule has 0 spiro atoms. The Kier molecular flexibility index (Phi) is 4.52. The van der Waals surface area contributed by atoms with Gasteiger partial charge in [-0.2, -0.15) is 0 Å². The SMILES string of the molecule is CN1CCN(CCn2cc(CN)c(=O)[nH]c2=O)CC1. The molecule has 7 nitrogen and oxygen atoms in total. The molecule has 7 heteroatoms. The van der Waals surface area contributed by atoms with Crippen LogP contribution in [-0.4, -0.2) is 59.1 Å². The predicted molar refractivity (Wildman–Crippen MR) is 73.2 cm³/mol. The Labute approximate surface area is 111 Å². The van der Waals surface area contributed by atoms with Gasteiger partial charge in [0, 0.05) is 57.6 Å². The molecular weight excluding hydrogens is 246 g/mol. The van der Waals surface area contributed by atoms with Crippen molar-refractivity contribution in [1.82, 2.24) is 19.4 Å². The average molecular weight is 267 g/mol. The fourth-order valence-corrected chi connectivity index (χ4v) is 2.19. The topological polar surface area (TPSA) is 87.4 Å². The highest BCUT2D eigenvalue weighted by Crippen LogP contribution is 1.99. The fourth-order valence-electron chi connectivity index (χ4n) is 2.19. The second-order valence-corrected chi connectivity index (χ2v) is 4.96. The molecule has 106 valence electrons. The van der Waals surface area contributed by atoms with Gasteiger partial charge in [0.2, 0.25) is 0 Å². The van der Waals surface area contributed by atoms with Gasteiger partial charge < -0.3 is 10.6 Å². The molecule has 0 radical (unpaired) electrons. The van der Waals surface area contributed by atoms with Crippen molar-refractivity contribution in [3.05, 3.63) is 32.6 Å². The van der Waals surface area contributed by atoms with E-state index in [2.05, 4.69) is 21.8 Å². The van der Waals surface area contributed by atoms with Crippen LogP contribution in [0, 0.1) is 0 Å². The van der Waals surface area contributed by atoms with E-state index in [9.17, 15) is 9.59 Å². The summed E-state index contributed by atoms with van der Waals surface area (Å²) in [5.41, 5.74) is 5.16. The Balaban J connectivity index is 1.99. The third kappa shape index (κ3) is 3.52. The van der Waals surface area contributed by atoms with Gasteiger partial charge in [-0.05, 0) is 7.05 Å². The number of nitrogens with one attached hydrogen (secondary N) is 1. The second-order valence-electron chi connectivity index (χ2n) is 4.96. The van der Waals surface area contributed by atoms with E-state index in [4.69, 9.17) is 5.73 Å². The van der Waals surface area contributed by atoms with Crippen molar-refractivity contribution >= 4 is 0 Å². The maximum atomic E-state index is 11.7. The third-order valence-electron chi connectivity index (χ3n) is 3.56. The predicted octanol–water partition coefficient (Wildman–Crippen LogP) is -1.76. The summed E-state index contributed by atoms with van der Waals surface area (Å²) in [4.78, 5) is 30.0. The summed E-state index contributed by atoms with van der Waals surface area (Å²) in [7, 11) is 2.11. The molecule has 1 aromatic rings. The minimum Gasteiger partial charge on any atom is -0.326 e. The molecule has 0 atom stereocenters. The highest BCUT2D eigenvalue weighted by Gasteiger charge is 2.13. The number of rotatable bonds is 4. The molecule has 0 aromatic carbocycles. The monoisotopic (exact) mass is 267 g/mol. The van der Waals surface area contributed by atoms with Gasteiger partial charge in [0.1, 0.15) is 0 Å². The zero-order valence-corrected chi connectivity index (χ0v) is 11.3. The van der Waals surface area contributed by atoms with E-state index in [-0.39, 0.29) is 17.8 Å². The van der Waals surface area contributed by atoms with Crippen LogP contribution in [0.1, 0.15) is 5.56 Å². The van der Waals surface area contributed by atoms with E-state index in [1.807, 2.05) is 0 Å². The Morgan fingerprint density at radius 3 is 2.53 bits per heavy atom. The molecule has 2 heterocycles. The Morgan fingerprint density at radius 1 is 1.21 bits per heavy atom. The van der Waals surface area contributed by atoms with Crippen LogP contribution in [0.5, 0.6) is 0 Å². The quantitative estimate of drug-likeness (QED) is 0.675. The van der Waals surface area contributed by atoms with Crippen LogP contribution in [0.15, 0.2) is 15.8 Å². The van der Waals surface area contributed by atoms with E-state index < -0.39 is 0 Å². The molecular formula is C12H21N5O2. The smallest absolute Gasteiger partial charge is 0.326 e. The zero-order chi connectivity index (χ0) is 13.8. The molecule has 3 N–H and O–H groups in total. The Morgan fingerprint density at radius 2 is 1.89 bits per heavy atom. The minimum atomic E-state index is -0.386. The first kappa shape index (κ1) is 14.0. The first-order chi connectivity index (χ1) is 9.10. The molecule has 1 aliphatic rings. The number of nitrogens with two attached hydrogens (primary N) is 1. The van der Waals surface area contributed by atoms with Crippen LogP contribution in [-0.2, 0) is 13.1 Å². The number of H-pyrrole nitrogens is 1. The Hall–Kier alpha value is -1.44. The van der Waals surface area contributed by atoms with E-state index in [0.717, 1.165) is 32.7 Å². The zero-order valence-electron chi connectivity index (χ0n) is 11.3. The van der Waals surface area contributed by atoms with Gasteiger partial charge in [-0.25, -0.2) is 4.79 Å². The number of hydrogen-bond acceptors (Lipinski definition) is 5. The summed E-state index contributed by atoms with van der Waals surface area (Å²) >= 11 is 0. The van der Waals surface area contributed by atoms with Gasteiger partial charge in [-0.1, -0.05) is 0 Å².